The quantitative estimate of drug-likeness (QED) is 0.401. The number of ether oxygens (including phenoxy) is 2. The molecule has 0 aliphatic heterocycles. The molecule has 0 fully saturated rings. The summed E-state index contributed by atoms with van der Waals surface area (Å²) in [7, 11) is 1.61. The van der Waals surface area contributed by atoms with Crippen molar-refractivity contribution in [3.8, 4) is 5.75 Å². The Bertz CT molecular complexity index is 914. The Labute approximate surface area is 184 Å². The number of amides is 2. The van der Waals surface area contributed by atoms with Crippen LogP contribution in [0.15, 0.2) is 16.7 Å². The molecule has 0 spiro atoms. The van der Waals surface area contributed by atoms with E-state index in [1.165, 1.54) is 17.0 Å². The number of carbonyl (C=O) groups excluding carboxylic acids is 2. The van der Waals surface area contributed by atoms with Crippen molar-refractivity contribution in [1.29, 1.82) is 0 Å². The summed E-state index contributed by atoms with van der Waals surface area (Å²) in [5, 5.41) is 5.73. The zero-order chi connectivity index (χ0) is 23.7. The lowest BCUT2D eigenvalue weighted by Crippen LogP contribution is -2.39. The molecule has 1 N–H and O–H groups in total. The van der Waals surface area contributed by atoms with Gasteiger partial charge in [0.25, 0.3) is 0 Å². The van der Waals surface area contributed by atoms with Crippen molar-refractivity contribution in [2.75, 3.05) is 33.4 Å². The van der Waals surface area contributed by atoms with Gasteiger partial charge in [-0.15, -0.1) is 0 Å². The SMILES string of the molecule is CCCc1c(OCCCN(C)C(=O)NCCC(=O)OCC)ccc2c(C(F)(F)F)noc12. The zero-order valence-corrected chi connectivity index (χ0v) is 18.4. The Morgan fingerprint density at radius 2 is 2.00 bits per heavy atom. The second-order valence-corrected chi connectivity index (χ2v) is 7.11. The normalized spacial score (nSPS) is 11.4. The van der Waals surface area contributed by atoms with E-state index in [9.17, 15) is 22.8 Å². The number of alkyl halides is 3. The summed E-state index contributed by atoms with van der Waals surface area (Å²) < 4.78 is 54.9. The second-order valence-electron chi connectivity index (χ2n) is 7.11. The number of aryl methyl sites for hydroxylation is 1. The summed E-state index contributed by atoms with van der Waals surface area (Å²) in [4.78, 5) is 24.8. The number of hydrogen-bond acceptors (Lipinski definition) is 6. The lowest BCUT2D eigenvalue weighted by molar-refractivity contribution is -0.143. The van der Waals surface area contributed by atoms with E-state index in [4.69, 9.17) is 14.0 Å². The average molecular weight is 459 g/mol. The number of urea groups is 1. The first kappa shape index (κ1) is 25.3. The highest BCUT2D eigenvalue weighted by Gasteiger charge is 2.37. The second kappa shape index (κ2) is 11.6. The maximum Gasteiger partial charge on any atom is 0.437 e. The van der Waals surface area contributed by atoms with Crippen LogP contribution in [0.5, 0.6) is 5.75 Å². The highest BCUT2D eigenvalue weighted by atomic mass is 19.4. The van der Waals surface area contributed by atoms with Crippen LogP contribution in [0.2, 0.25) is 0 Å². The molecule has 11 heteroatoms. The number of fused-ring (bicyclic) bond motifs is 1. The standard InChI is InChI=1S/C21H28F3N3O5/c1-4-7-14-16(9-8-15-18(14)32-26-19(15)21(22,23)24)31-13-6-12-27(3)20(29)25-11-10-17(28)30-5-2/h8-9H,4-7,10-13H2,1-3H3,(H,25,29). The van der Waals surface area contributed by atoms with Gasteiger partial charge < -0.3 is 24.2 Å². The van der Waals surface area contributed by atoms with Gasteiger partial charge >= 0.3 is 18.2 Å². The number of aromatic nitrogens is 1. The summed E-state index contributed by atoms with van der Waals surface area (Å²) in [6, 6.07) is 2.46. The van der Waals surface area contributed by atoms with Crippen LogP contribution in [0.3, 0.4) is 0 Å². The number of esters is 1. The van der Waals surface area contributed by atoms with Gasteiger partial charge in [0.15, 0.2) is 11.3 Å². The third kappa shape index (κ3) is 6.76. The van der Waals surface area contributed by atoms with Crippen molar-refractivity contribution < 1.29 is 36.8 Å². The van der Waals surface area contributed by atoms with E-state index in [-0.39, 0.29) is 42.5 Å². The van der Waals surface area contributed by atoms with Crippen LogP contribution < -0.4 is 10.1 Å². The van der Waals surface area contributed by atoms with Crippen LogP contribution >= 0.6 is 0 Å². The van der Waals surface area contributed by atoms with Gasteiger partial charge in [0, 0.05) is 25.7 Å². The minimum atomic E-state index is -4.60. The summed E-state index contributed by atoms with van der Waals surface area (Å²) in [6.07, 6.45) is -2.85. The van der Waals surface area contributed by atoms with Gasteiger partial charge in [-0.1, -0.05) is 18.5 Å². The van der Waals surface area contributed by atoms with Crippen molar-refractivity contribution in [3.63, 3.8) is 0 Å². The maximum absolute atomic E-state index is 13.1. The van der Waals surface area contributed by atoms with Crippen LogP contribution in [0.1, 0.15) is 44.4 Å². The number of carbonyl (C=O) groups is 2. The van der Waals surface area contributed by atoms with Crippen molar-refractivity contribution in [1.82, 2.24) is 15.4 Å². The van der Waals surface area contributed by atoms with Crippen molar-refractivity contribution in [3.05, 3.63) is 23.4 Å². The van der Waals surface area contributed by atoms with E-state index >= 15 is 0 Å². The molecular weight excluding hydrogens is 431 g/mol. The Morgan fingerprint density at radius 3 is 2.66 bits per heavy atom. The highest BCUT2D eigenvalue weighted by molar-refractivity contribution is 5.85. The van der Waals surface area contributed by atoms with E-state index in [2.05, 4.69) is 10.5 Å². The van der Waals surface area contributed by atoms with Crippen LogP contribution in [-0.4, -0.2) is 55.4 Å². The summed E-state index contributed by atoms with van der Waals surface area (Å²) in [5.74, 6) is 0.0589. The first-order valence-electron chi connectivity index (χ1n) is 10.4. The van der Waals surface area contributed by atoms with Crippen LogP contribution in [0.4, 0.5) is 18.0 Å². The van der Waals surface area contributed by atoms with Gasteiger partial charge in [0.05, 0.1) is 25.0 Å². The topological polar surface area (TPSA) is 93.9 Å². The number of halogens is 3. The number of nitrogens with one attached hydrogen (secondary N) is 1. The van der Waals surface area contributed by atoms with Gasteiger partial charge in [0.1, 0.15) is 5.75 Å². The fourth-order valence-electron chi connectivity index (χ4n) is 3.09. The lowest BCUT2D eigenvalue weighted by Gasteiger charge is -2.18. The predicted octanol–water partition coefficient (Wildman–Crippen LogP) is 4.16. The molecule has 178 valence electrons. The minimum Gasteiger partial charge on any atom is -0.493 e. The minimum absolute atomic E-state index is 0.0785. The molecule has 2 aromatic rings. The first-order valence-corrected chi connectivity index (χ1v) is 10.4. The molecule has 8 nitrogen and oxygen atoms in total. The number of rotatable bonds is 11. The lowest BCUT2D eigenvalue weighted by atomic mass is 10.0. The van der Waals surface area contributed by atoms with E-state index in [0.717, 1.165) is 0 Å². The summed E-state index contributed by atoms with van der Waals surface area (Å²) in [5.41, 5.74) is -0.431. The average Bonchev–Trinajstić information content (AvgIpc) is 3.17. The number of benzene rings is 1. The molecule has 0 unspecified atom stereocenters. The monoisotopic (exact) mass is 459 g/mol. The summed E-state index contributed by atoms with van der Waals surface area (Å²) >= 11 is 0. The molecule has 0 saturated carbocycles. The Balaban J connectivity index is 1.89. The maximum atomic E-state index is 13.1. The fraction of sp³-hybridized carbons (Fsp3) is 0.571. The Morgan fingerprint density at radius 1 is 1.25 bits per heavy atom. The van der Waals surface area contributed by atoms with Crippen LogP contribution in [0, 0.1) is 0 Å². The molecule has 2 amide bonds. The van der Waals surface area contributed by atoms with E-state index in [1.54, 1.807) is 14.0 Å². The molecular formula is C21H28F3N3O5. The van der Waals surface area contributed by atoms with E-state index < -0.39 is 11.9 Å². The Hall–Kier alpha value is -2.98. The van der Waals surface area contributed by atoms with Crippen molar-refractivity contribution in [2.24, 2.45) is 0 Å². The summed E-state index contributed by atoms with van der Waals surface area (Å²) in [6.45, 7) is 4.72. The Kier molecular flexibility index (Phi) is 9.15. The molecule has 0 aliphatic rings. The number of nitrogens with zero attached hydrogens (tertiary/aromatic N) is 2. The fourth-order valence-corrected chi connectivity index (χ4v) is 3.09. The van der Waals surface area contributed by atoms with Gasteiger partial charge in [-0.25, -0.2) is 4.79 Å². The molecule has 0 aliphatic carbocycles. The van der Waals surface area contributed by atoms with E-state index in [0.29, 0.717) is 43.7 Å². The molecule has 32 heavy (non-hydrogen) atoms. The molecule has 0 saturated heterocycles. The van der Waals surface area contributed by atoms with Crippen LogP contribution in [0.25, 0.3) is 11.0 Å². The molecule has 0 radical (unpaired) electrons. The largest absolute Gasteiger partial charge is 0.493 e. The number of hydrogen-bond donors (Lipinski definition) is 1. The highest BCUT2D eigenvalue weighted by Crippen LogP contribution is 2.38. The van der Waals surface area contributed by atoms with Gasteiger partial charge in [0.2, 0.25) is 0 Å². The zero-order valence-electron chi connectivity index (χ0n) is 18.4. The van der Waals surface area contributed by atoms with Crippen molar-refractivity contribution in [2.45, 2.75) is 45.7 Å². The van der Waals surface area contributed by atoms with E-state index in [1.807, 2.05) is 6.92 Å². The molecule has 1 heterocycles. The predicted molar refractivity (Wildman–Crippen MR) is 110 cm³/mol. The molecule has 0 atom stereocenters. The van der Waals surface area contributed by atoms with Gasteiger partial charge in [-0.3, -0.25) is 4.79 Å². The van der Waals surface area contributed by atoms with Gasteiger partial charge in [-0.05, 0) is 31.9 Å². The smallest absolute Gasteiger partial charge is 0.437 e. The molecule has 0 bridgehead atoms. The first-order chi connectivity index (χ1) is 15.2. The molecule has 1 aromatic carbocycles. The van der Waals surface area contributed by atoms with Crippen LogP contribution in [-0.2, 0) is 22.1 Å². The third-order valence-corrected chi connectivity index (χ3v) is 4.62. The molecule has 2 rings (SSSR count). The van der Waals surface area contributed by atoms with Gasteiger partial charge in [-0.2, -0.15) is 13.2 Å². The molecule has 1 aromatic heterocycles. The third-order valence-electron chi connectivity index (χ3n) is 4.62. The van der Waals surface area contributed by atoms with Crippen molar-refractivity contribution >= 4 is 23.0 Å².